The zero-order chi connectivity index (χ0) is 11.7. The van der Waals surface area contributed by atoms with Gasteiger partial charge in [-0.15, -0.1) is 0 Å². The molecule has 0 saturated carbocycles. The van der Waals surface area contributed by atoms with Crippen molar-refractivity contribution < 1.29 is 0 Å². The Morgan fingerprint density at radius 1 is 1.38 bits per heavy atom. The Bertz CT molecular complexity index is 551. The van der Waals surface area contributed by atoms with Crippen molar-refractivity contribution in [3.05, 3.63) is 40.4 Å². The molecule has 2 aromatic rings. The minimum Gasteiger partial charge on any atom is -0.281 e. The molecule has 0 spiro atoms. The number of nitrogens with one attached hydrogen (secondary N) is 1. The summed E-state index contributed by atoms with van der Waals surface area (Å²) in [5.41, 5.74) is 3.68. The van der Waals surface area contributed by atoms with Crippen LogP contribution < -0.4 is 0 Å². The number of aromatic nitrogens is 3. The lowest BCUT2D eigenvalue weighted by Gasteiger charge is -2.11. The Kier molecular flexibility index (Phi) is 2.92. The van der Waals surface area contributed by atoms with Crippen molar-refractivity contribution in [2.24, 2.45) is 0 Å². The van der Waals surface area contributed by atoms with Gasteiger partial charge in [-0.2, -0.15) is 0 Å². The summed E-state index contributed by atoms with van der Waals surface area (Å²) in [4.78, 5) is 4.00. The highest BCUT2D eigenvalue weighted by Gasteiger charge is 2.05. The Hall–Kier alpha value is -1.42. The SMILES string of the molecule is Cc1cc(-n2[nH]cnc2=S)ccc1C(C)C. The van der Waals surface area contributed by atoms with E-state index in [-0.39, 0.29) is 0 Å². The van der Waals surface area contributed by atoms with Crippen molar-refractivity contribution in [3.8, 4) is 5.69 Å². The number of benzene rings is 1. The summed E-state index contributed by atoms with van der Waals surface area (Å²) in [6.07, 6.45) is 1.61. The molecule has 1 aromatic heterocycles. The lowest BCUT2D eigenvalue weighted by atomic mass is 9.98. The van der Waals surface area contributed by atoms with Crippen molar-refractivity contribution in [3.63, 3.8) is 0 Å². The average molecular weight is 233 g/mol. The highest BCUT2D eigenvalue weighted by Crippen LogP contribution is 2.21. The first-order valence-electron chi connectivity index (χ1n) is 5.33. The van der Waals surface area contributed by atoms with Gasteiger partial charge in [-0.1, -0.05) is 19.9 Å². The first-order valence-corrected chi connectivity index (χ1v) is 5.74. The van der Waals surface area contributed by atoms with Crippen molar-refractivity contribution >= 4 is 12.2 Å². The minimum absolute atomic E-state index is 0.545. The molecule has 0 bridgehead atoms. The molecule has 0 aliphatic rings. The van der Waals surface area contributed by atoms with Crippen LogP contribution in [0.15, 0.2) is 24.5 Å². The molecular weight excluding hydrogens is 218 g/mol. The largest absolute Gasteiger partial charge is 0.281 e. The van der Waals surface area contributed by atoms with Crippen molar-refractivity contribution in [2.75, 3.05) is 0 Å². The summed E-state index contributed by atoms with van der Waals surface area (Å²) in [7, 11) is 0. The molecular formula is C12H15N3S. The smallest absolute Gasteiger partial charge is 0.220 e. The van der Waals surface area contributed by atoms with Crippen LogP contribution in [0.25, 0.3) is 5.69 Å². The fraction of sp³-hybridized carbons (Fsp3) is 0.333. The molecule has 0 atom stereocenters. The average Bonchev–Trinajstić information content (AvgIpc) is 2.63. The van der Waals surface area contributed by atoms with Crippen LogP contribution in [-0.4, -0.2) is 14.8 Å². The van der Waals surface area contributed by atoms with Crippen LogP contribution in [0.3, 0.4) is 0 Å². The minimum atomic E-state index is 0.545. The maximum atomic E-state index is 5.12. The topological polar surface area (TPSA) is 33.6 Å². The van der Waals surface area contributed by atoms with Crippen LogP contribution in [0.1, 0.15) is 30.9 Å². The maximum absolute atomic E-state index is 5.12. The Morgan fingerprint density at radius 2 is 2.12 bits per heavy atom. The van der Waals surface area contributed by atoms with Gasteiger partial charge in [-0.3, -0.25) is 5.10 Å². The van der Waals surface area contributed by atoms with E-state index >= 15 is 0 Å². The molecule has 1 heterocycles. The standard InChI is InChI=1S/C12H15N3S/c1-8(2)11-5-4-10(6-9(11)3)15-12(16)13-7-14-15/h4-8H,1-3H3,(H,13,14,16). The highest BCUT2D eigenvalue weighted by molar-refractivity contribution is 7.71. The van der Waals surface area contributed by atoms with Crippen LogP contribution in [0, 0.1) is 11.7 Å². The molecule has 1 N–H and O–H groups in total. The van der Waals surface area contributed by atoms with Crippen LogP contribution >= 0.6 is 12.2 Å². The molecule has 0 radical (unpaired) electrons. The summed E-state index contributed by atoms with van der Waals surface area (Å²) >= 11 is 5.12. The second kappa shape index (κ2) is 4.22. The predicted molar refractivity (Wildman–Crippen MR) is 67.6 cm³/mol. The normalized spacial score (nSPS) is 11.0. The molecule has 1 aromatic carbocycles. The Balaban J connectivity index is 2.50. The zero-order valence-corrected chi connectivity index (χ0v) is 10.5. The number of nitrogens with zero attached hydrogens (tertiary/aromatic N) is 2. The van der Waals surface area contributed by atoms with E-state index in [1.165, 1.54) is 11.1 Å². The van der Waals surface area contributed by atoms with Gasteiger partial charge in [0.2, 0.25) is 4.77 Å². The first kappa shape index (κ1) is 11.1. The van der Waals surface area contributed by atoms with Gasteiger partial charge in [0.05, 0.1) is 5.69 Å². The van der Waals surface area contributed by atoms with E-state index in [2.05, 4.69) is 49.1 Å². The zero-order valence-electron chi connectivity index (χ0n) is 9.69. The van der Waals surface area contributed by atoms with Crippen molar-refractivity contribution in [1.82, 2.24) is 14.8 Å². The van der Waals surface area contributed by atoms with Gasteiger partial charge in [0, 0.05) is 0 Å². The molecule has 2 rings (SSSR count). The first-order chi connectivity index (χ1) is 7.59. The third-order valence-corrected chi connectivity index (χ3v) is 2.97. The summed E-state index contributed by atoms with van der Waals surface area (Å²) in [5.74, 6) is 0.545. The molecule has 0 unspecified atom stereocenters. The summed E-state index contributed by atoms with van der Waals surface area (Å²) < 4.78 is 2.35. The van der Waals surface area contributed by atoms with Crippen molar-refractivity contribution in [1.29, 1.82) is 0 Å². The van der Waals surface area contributed by atoms with E-state index < -0.39 is 0 Å². The van der Waals surface area contributed by atoms with E-state index in [4.69, 9.17) is 12.2 Å². The van der Waals surface area contributed by atoms with Crippen molar-refractivity contribution in [2.45, 2.75) is 26.7 Å². The van der Waals surface area contributed by atoms with Gasteiger partial charge in [0.25, 0.3) is 0 Å². The third kappa shape index (κ3) is 1.93. The van der Waals surface area contributed by atoms with Crippen LogP contribution in [0.4, 0.5) is 0 Å². The number of H-pyrrole nitrogens is 1. The van der Waals surface area contributed by atoms with Gasteiger partial charge in [-0.25, -0.2) is 9.67 Å². The fourth-order valence-corrected chi connectivity index (χ4v) is 2.10. The number of aromatic amines is 1. The summed E-state index contributed by atoms with van der Waals surface area (Å²) in [5, 5.41) is 3.00. The van der Waals surface area contributed by atoms with E-state index in [0.29, 0.717) is 10.7 Å². The number of aryl methyl sites for hydroxylation is 1. The second-order valence-electron chi connectivity index (χ2n) is 4.20. The van der Waals surface area contributed by atoms with Crippen LogP contribution in [-0.2, 0) is 0 Å². The van der Waals surface area contributed by atoms with Crippen LogP contribution in [0.2, 0.25) is 0 Å². The second-order valence-corrected chi connectivity index (χ2v) is 4.57. The lowest BCUT2D eigenvalue weighted by molar-refractivity contribution is 0.839. The number of rotatable bonds is 2. The Labute approximate surface area is 100 Å². The van der Waals surface area contributed by atoms with Gasteiger partial charge < -0.3 is 0 Å². The quantitative estimate of drug-likeness (QED) is 0.807. The number of hydrogen-bond donors (Lipinski definition) is 1. The molecule has 0 fully saturated rings. The van der Waals surface area contributed by atoms with Gasteiger partial charge in [0.15, 0.2) is 0 Å². The van der Waals surface area contributed by atoms with Crippen LogP contribution in [0.5, 0.6) is 0 Å². The number of hydrogen-bond acceptors (Lipinski definition) is 2. The molecule has 0 aliphatic carbocycles. The molecule has 16 heavy (non-hydrogen) atoms. The van der Waals surface area contributed by atoms with Gasteiger partial charge in [0.1, 0.15) is 6.33 Å². The predicted octanol–water partition coefficient (Wildman–Crippen LogP) is 3.36. The lowest BCUT2D eigenvalue weighted by Crippen LogP contribution is -1.99. The van der Waals surface area contributed by atoms with E-state index in [0.717, 1.165) is 5.69 Å². The molecule has 3 nitrogen and oxygen atoms in total. The van der Waals surface area contributed by atoms with E-state index in [1.54, 1.807) is 11.0 Å². The molecule has 0 saturated heterocycles. The van der Waals surface area contributed by atoms with Gasteiger partial charge in [-0.05, 0) is 48.3 Å². The van der Waals surface area contributed by atoms with E-state index in [9.17, 15) is 0 Å². The van der Waals surface area contributed by atoms with E-state index in [1.807, 2.05) is 0 Å². The molecule has 0 aliphatic heterocycles. The molecule has 4 heteroatoms. The fourth-order valence-electron chi connectivity index (χ4n) is 1.89. The summed E-state index contributed by atoms with van der Waals surface area (Å²) in [6.45, 7) is 6.52. The monoisotopic (exact) mass is 233 g/mol. The van der Waals surface area contributed by atoms with Gasteiger partial charge >= 0.3 is 0 Å². The molecule has 84 valence electrons. The Morgan fingerprint density at radius 3 is 2.62 bits per heavy atom. The summed E-state index contributed by atoms with van der Waals surface area (Å²) in [6, 6.07) is 6.34. The third-order valence-electron chi connectivity index (χ3n) is 2.69. The maximum Gasteiger partial charge on any atom is 0.220 e. The highest BCUT2D eigenvalue weighted by atomic mass is 32.1. The molecule has 0 amide bonds.